The minimum absolute atomic E-state index is 0.0588. The Morgan fingerprint density at radius 3 is 2.36 bits per heavy atom. The summed E-state index contributed by atoms with van der Waals surface area (Å²) in [4.78, 5) is 26.2. The highest BCUT2D eigenvalue weighted by atomic mass is 16.5. The van der Waals surface area contributed by atoms with Crippen LogP contribution in [0.5, 0.6) is 11.5 Å². The summed E-state index contributed by atoms with van der Waals surface area (Å²) in [5, 5.41) is 9.48. The summed E-state index contributed by atoms with van der Waals surface area (Å²) in [5.74, 6) is 0.0859. The van der Waals surface area contributed by atoms with Gasteiger partial charge in [-0.05, 0) is 50.7 Å². The zero-order valence-corrected chi connectivity index (χ0v) is 14.9. The van der Waals surface area contributed by atoms with Gasteiger partial charge in [-0.3, -0.25) is 9.59 Å². The molecule has 1 amide bonds. The number of ether oxygens (including phenoxy) is 2. The number of rotatable bonds is 6. The third-order valence-corrected chi connectivity index (χ3v) is 5.15. The molecule has 1 heterocycles. The van der Waals surface area contributed by atoms with E-state index < -0.39 is 17.5 Å². The highest BCUT2D eigenvalue weighted by Gasteiger charge is 2.49. The predicted molar refractivity (Wildman–Crippen MR) is 91.6 cm³/mol. The van der Waals surface area contributed by atoms with E-state index >= 15 is 0 Å². The number of amides is 1. The molecule has 0 unspecified atom stereocenters. The Morgan fingerprint density at radius 1 is 1.16 bits per heavy atom. The maximum atomic E-state index is 13.0. The van der Waals surface area contributed by atoms with E-state index in [9.17, 15) is 14.7 Å². The van der Waals surface area contributed by atoms with Crippen molar-refractivity contribution in [3.8, 4) is 11.5 Å². The van der Waals surface area contributed by atoms with Gasteiger partial charge in [0.25, 0.3) is 5.91 Å². The Morgan fingerprint density at radius 2 is 1.80 bits per heavy atom. The van der Waals surface area contributed by atoms with Crippen molar-refractivity contribution in [2.24, 2.45) is 17.8 Å². The van der Waals surface area contributed by atoms with Crippen molar-refractivity contribution in [2.75, 3.05) is 20.2 Å². The lowest BCUT2D eigenvalue weighted by Crippen LogP contribution is -2.48. The maximum absolute atomic E-state index is 13.0. The minimum Gasteiger partial charge on any atom is -0.493 e. The van der Waals surface area contributed by atoms with Crippen LogP contribution in [0.2, 0.25) is 0 Å². The van der Waals surface area contributed by atoms with Gasteiger partial charge in [-0.15, -0.1) is 0 Å². The van der Waals surface area contributed by atoms with Crippen LogP contribution in [0, 0.1) is 17.8 Å². The molecule has 2 fully saturated rings. The van der Waals surface area contributed by atoms with Gasteiger partial charge in [-0.2, -0.15) is 0 Å². The van der Waals surface area contributed by atoms with Crippen molar-refractivity contribution >= 4 is 11.9 Å². The molecule has 0 radical (unpaired) electrons. The molecule has 1 saturated carbocycles. The first-order chi connectivity index (χ1) is 11.8. The van der Waals surface area contributed by atoms with Gasteiger partial charge >= 0.3 is 5.97 Å². The van der Waals surface area contributed by atoms with Crippen LogP contribution in [-0.2, 0) is 9.59 Å². The van der Waals surface area contributed by atoms with Crippen molar-refractivity contribution in [3.05, 3.63) is 24.3 Å². The fraction of sp³-hybridized carbons (Fsp3) is 0.579. The number of nitrogens with zero attached hydrogens (tertiary/aromatic N) is 1. The van der Waals surface area contributed by atoms with Crippen LogP contribution in [0.1, 0.15) is 26.7 Å². The first-order valence-electron chi connectivity index (χ1n) is 8.67. The predicted octanol–water partition coefficient (Wildman–Crippen LogP) is 2.42. The van der Waals surface area contributed by atoms with Crippen LogP contribution < -0.4 is 9.47 Å². The normalized spacial score (nSPS) is 23.4. The zero-order valence-electron chi connectivity index (χ0n) is 14.9. The second-order valence-corrected chi connectivity index (χ2v) is 7.42. The van der Waals surface area contributed by atoms with Gasteiger partial charge < -0.3 is 19.5 Å². The number of carboxylic acid groups (broad SMARTS) is 1. The molecular formula is C19H25NO5. The van der Waals surface area contributed by atoms with Crippen molar-refractivity contribution in [2.45, 2.75) is 32.3 Å². The van der Waals surface area contributed by atoms with Crippen LogP contribution in [0.15, 0.2) is 24.3 Å². The zero-order chi connectivity index (χ0) is 18.2. The van der Waals surface area contributed by atoms with Gasteiger partial charge in [0, 0.05) is 13.1 Å². The number of para-hydroxylation sites is 2. The van der Waals surface area contributed by atoms with E-state index in [-0.39, 0.29) is 18.4 Å². The van der Waals surface area contributed by atoms with E-state index in [1.165, 1.54) is 0 Å². The molecule has 6 nitrogen and oxygen atoms in total. The van der Waals surface area contributed by atoms with Gasteiger partial charge in [0.1, 0.15) is 0 Å². The van der Waals surface area contributed by atoms with Gasteiger partial charge in [0.15, 0.2) is 17.1 Å². The van der Waals surface area contributed by atoms with Crippen LogP contribution in [0.3, 0.4) is 0 Å². The summed E-state index contributed by atoms with van der Waals surface area (Å²) in [7, 11) is 1.55. The molecule has 2 aliphatic rings. The topological polar surface area (TPSA) is 76.1 Å². The van der Waals surface area contributed by atoms with E-state index in [1.54, 1.807) is 38.0 Å². The number of carbonyl (C=O) groups is 2. The monoisotopic (exact) mass is 347 g/mol. The lowest BCUT2D eigenvalue weighted by Gasteiger charge is -2.30. The molecule has 1 saturated heterocycles. The molecule has 25 heavy (non-hydrogen) atoms. The molecule has 6 heteroatoms. The molecule has 0 bridgehead atoms. The van der Waals surface area contributed by atoms with Crippen LogP contribution >= 0.6 is 0 Å². The molecule has 0 spiro atoms. The lowest BCUT2D eigenvalue weighted by atomic mass is 9.92. The van der Waals surface area contributed by atoms with Gasteiger partial charge in [0.05, 0.1) is 13.0 Å². The van der Waals surface area contributed by atoms with Gasteiger partial charge in [-0.1, -0.05) is 12.1 Å². The largest absolute Gasteiger partial charge is 0.493 e. The summed E-state index contributed by atoms with van der Waals surface area (Å²) in [5.41, 5.74) is -1.10. The summed E-state index contributed by atoms with van der Waals surface area (Å²) in [6.07, 6.45) is 2.13. The Labute approximate surface area is 147 Å². The number of hydrogen-bond acceptors (Lipinski definition) is 4. The second-order valence-electron chi connectivity index (χ2n) is 7.42. The van der Waals surface area contributed by atoms with E-state index in [2.05, 4.69) is 0 Å². The third kappa shape index (κ3) is 3.57. The molecule has 1 aliphatic heterocycles. The van der Waals surface area contributed by atoms with Crippen LogP contribution in [0.25, 0.3) is 0 Å². The highest BCUT2D eigenvalue weighted by Crippen LogP contribution is 2.44. The van der Waals surface area contributed by atoms with Crippen molar-refractivity contribution < 1.29 is 24.2 Å². The molecule has 136 valence electrons. The Balaban J connectivity index is 1.74. The van der Waals surface area contributed by atoms with Crippen molar-refractivity contribution in [1.29, 1.82) is 0 Å². The number of carboxylic acids is 1. The smallest absolute Gasteiger partial charge is 0.308 e. The highest BCUT2D eigenvalue weighted by molar-refractivity contribution is 5.86. The van der Waals surface area contributed by atoms with E-state index in [4.69, 9.17) is 9.47 Å². The SMILES string of the molecule is COc1ccccc1OC(C)(C)C(=O)N1C[C@H](C(=O)O)[C@@H](C2CC2)C1. The molecular weight excluding hydrogens is 322 g/mol. The molecule has 1 aliphatic carbocycles. The number of likely N-dealkylation sites (tertiary alicyclic amines) is 1. The summed E-state index contributed by atoms with van der Waals surface area (Å²) in [6, 6.07) is 7.18. The molecule has 2 atom stereocenters. The first-order valence-corrected chi connectivity index (χ1v) is 8.67. The number of methoxy groups -OCH3 is 1. The average molecular weight is 347 g/mol. The third-order valence-electron chi connectivity index (χ3n) is 5.15. The molecule has 3 rings (SSSR count). The van der Waals surface area contributed by atoms with E-state index in [0.717, 1.165) is 12.8 Å². The standard InChI is InChI=1S/C19H25NO5/c1-19(2,25-16-7-5-4-6-15(16)24-3)18(23)20-10-13(12-8-9-12)14(11-20)17(21)22/h4-7,12-14H,8-11H2,1-3H3,(H,21,22)/t13-,14+/m1/s1. The maximum Gasteiger partial charge on any atom is 0.308 e. The fourth-order valence-electron chi connectivity index (χ4n) is 3.66. The van der Waals surface area contributed by atoms with Crippen LogP contribution in [0.4, 0.5) is 0 Å². The van der Waals surface area contributed by atoms with Crippen LogP contribution in [-0.4, -0.2) is 47.7 Å². The van der Waals surface area contributed by atoms with Crippen molar-refractivity contribution in [3.63, 3.8) is 0 Å². The van der Waals surface area contributed by atoms with Gasteiger partial charge in [0.2, 0.25) is 0 Å². The number of carbonyl (C=O) groups excluding carboxylic acids is 1. The number of hydrogen-bond donors (Lipinski definition) is 1. The number of aliphatic carboxylic acids is 1. The molecule has 1 aromatic rings. The summed E-state index contributed by atoms with van der Waals surface area (Å²) in [6.45, 7) is 4.18. The van der Waals surface area contributed by atoms with E-state index in [1.807, 2.05) is 12.1 Å². The first kappa shape index (κ1) is 17.6. The number of benzene rings is 1. The second kappa shape index (κ2) is 6.58. The summed E-state index contributed by atoms with van der Waals surface area (Å²) >= 11 is 0. The molecule has 1 N–H and O–H groups in total. The molecule has 0 aromatic heterocycles. The quantitative estimate of drug-likeness (QED) is 0.855. The molecule has 1 aromatic carbocycles. The van der Waals surface area contributed by atoms with E-state index in [0.29, 0.717) is 24.0 Å². The minimum atomic E-state index is -1.10. The Bertz CT molecular complexity index is 668. The van der Waals surface area contributed by atoms with Crippen molar-refractivity contribution in [1.82, 2.24) is 4.90 Å². The average Bonchev–Trinajstić information content (AvgIpc) is 3.32. The Hall–Kier alpha value is -2.24. The lowest BCUT2D eigenvalue weighted by molar-refractivity contribution is -0.145. The summed E-state index contributed by atoms with van der Waals surface area (Å²) < 4.78 is 11.2. The van der Waals surface area contributed by atoms with Gasteiger partial charge in [-0.25, -0.2) is 0 Å². The Kier molecular flexibility index (Phi) is 4.62. The fourth-order valence-corrected chi connectivity index (χ4v) is 3.66.